The van der Waals surface area contributed by atoms with Crippen LogP contribution in [-0.4, -0.2) is 16.5 Å². The first-order valence-corrected chi connectivity index (χ1v) is 7.95. The highest BCUT2D eigenvalue weighted by atomic mass is 127. The van der Waals surface area contributed by atoms with Gasteiger partial charge in [0.25, 0.3) is 0 Å². The molecule has 2 aromatic heterocycles. The molecule has 0 aliphatic heterocycles. The van der Waals surface area contributed by atoms with Crippen LogP contribution in [0.3, 0.4) is 0 Å². The van der Waals surface area contributed by atoms with Crippen molar-refractivity contribution in [2.24, 2.45) is 5.92 Å². The van der Waals surface area contributed by atoms with E-state index in [0.29, 0.717) is 11.7 Å². The van der Waals surface area contributed by atoms with Crippen molar-refractivity contribution >= 4 is 28.4 Å². The number of anilines is 1. The third-order valence-corrected chi connectivity index (χ3v) is 4.06. The second kappa shape index (κ2) is 6.56. The number of hydrogen-bond acceptors (Lipinski definition) is 4. The SMILES string of the molecule is CCNc1nc(-c2occc2C)nc(CC(C)C)c1I. The molecule has 0 aliphatic rings. The van der Waals surface area contributed by atoms with E-state index in [9.17, 15) is 0 Å². The molecule has 0 spiro atoms. The van der Waals surface area contributed by atoms with Crippen molar-refractivity contribution in [1.82, 2.24) is 9.97 Å². The van der Waals surface area contributed by atoms with E-state index in [1.54, 1.807) is 6.26 Å². The molecular weight excluding hydrogens is 365 g/mol. The summed E-state index contributed by atoms with van der Waals surface area (Å²) >= 11 is 2.32. The summed E-state index contributed by atoms with van der Waals surface area (Å²) in [7, 11) is 0. The zero-order chi connectivity index (χ0) is 14.7. The molecule has 108 valence electrons. The molecule has 0 aliphatic carbocycles. The fraction of sp³-hybridized carbons (Fsp3) is 0.467. The van der Waals surface area contributed by atoms with Gasteiger partial charge in [-0.15, -0.1) is 0 Å². The maximum Gasteiger partial charge on any atom is 0.198 e. The first-order valence-electron chi connectivity index (χ1n) is 6.87. The molecule has 4 nitrogen and oxygen atoms in total. The van der Waals surface area contributed by atoms with Crippen LogP contribution in [0.2, 0.25) is 0 Å². The number of hydrogen-bond donors (Lipinski definition) is 1. The number of aromatic nitrogens is 2. The average molecular weight is 385 g/mol. The van der Waals surface area contributed by atoms with E-state index in [1.807, 2.05) is 13.0 Å². The normalized spacial score (nSPS) is 11.1. The standard InChI is InChI=1S/C15H20IN3O/c1-5-17-14-12(16)11(8-9(2)3)18-15(19-14)13-10(4)6-7-20-13/h6-7,9H,5,8H2,1-4H3,(H,17,18,19). The van der Waals surface area contributed by atoms with Crippen LogP contribution in [0.4, 0.5) is 5.82 Å². The fourth-order valence-corrected chi connectivity index (χ4v) is 2.66. The Labute approximate surface area is 133 Å². The maximum atomic E-state index is 5.53. The molecule has 0 amide bonds. The summed E-state index contributed by atoms with van der Waals surface area (Å²) in [6.07, 6.45) is 2.62. The van der Waals surface area contributed by atoms with Crippen LogP contribution >= 0.6 is 22.6 Å². The minimum atomic E-state index is 0.554. The average Bonchev–Trinajstić information content (AvgIpc) is 2.80. The van der Waals surface area contributed by atoms with Crippen LogP contribution in [0.25, 0.3) is 11.6 Å². The Kier molecular flexibility index (Phi) is 5.01. The van der Waals surface area contributed by atoms with Gasteiger partial charge < -0.3 is 9.73 Å². The summed E-state index contributed by atoms with van der Waals surface area (Å²) in [5.74, 6) is 2.87. The Hall–Kier alpha value is -1.11. The molecule has 2 rings (SSSR count). The van der Waals surface area contributed by atoms with Crippen molar-refractivity contribution in [3.05, 3.63) is 27.2 Å². The van der Waals surface area contributed by atoms with Crippen molar-refractivity contribution in [2.75, 3.05) is 11.9 Å². The minimum Gasteiger partial charge on any atom is -0.461 e. The summed E-state index contributed by atoms with van der Waals surface area (Å²) < 4.78 is 6.63. The van der Waals surface area contributed by atoms with Gasteiger partial charge in [-0.25, -0.2) is 9.97 Å². The molecule has 0 bridgehead atoms. The van der Waals surface area contributed by atoms with Gasteiger partial charge in [0.2, 0.25) is 0 Å². The van der Waals surface area contributed by atoms with Crippen LogP contribution in [0.15, 0.2) is 16.7 Å². The molecule has 0 aromatic carbocycles. The number of halogens is 1. The minimum absolute atomic E-state index is 0.554. The molecule has 20 heavy (non-hydrogen) atoms. The Bertz CT molecular complexity index is 593. The Morgan fingerprint density at radius 1 is 1.35 bits per heavy atom. The second-order valence-corrected chi connectivity index (χ2v) is 6.30. The molecule has 0 saturated heterocycles. The van der Waals surface area contributed by atoms with E-state index >= 15 is 0 Å². The molecular formula is C15H20IN3O. The van der Waals surface area contributed by atoms with E-state index in [4.69, 9.17) is 9.40 Å². The molecule has 1 N–H and O–H groups in total. The number of nitrogens with zero attached hydrogens (tertiary/aromatic N) is 2. The van der Waals surface area contributed by atoms with E-state index in [0.717, 1.165) is 39.4 Å². The number of nitrogens with one attached hydrogen (secondary N) is 1. The van der Waals surface area contributed by atoms with Gasteiger partial charge in [0.1, 0.15) is 5.82 Å². The first kappa shape index (κ1) is 15.3. The molecule has 2 heterocycles. The van der Waals surface area contributed by atoms with Crippen LogP contribution in [-0.2, 0) is 6.42 Å². The molecule has 0 unspecified atom stereocenters. The number of rotatable bonds is 5. The number of aryl methyl sites for hydroxylation is 1. The zero-order valence-corrected chi connectivity index (χ0v) is 14.5. The van der Waals surface area contributed by atoms with Gasteiger partial charge in [0.15, 0.2) is 11.6 Å². The lowest BCUT2D eigenvalue weighted by Crippen LogP contribution is -2.09. The van der Waals surface area contributed by atoms with Crippen LogP contribution < -0.4 is 5.32 Å². The van der Waals surface area contributed by atoms with Crippen molar-refractivity contribution in [1.29, 1.82) is 0 Å². The molecule has 0 radical (unpaired) electrons. The van der Waals surface area contributed by atoms with Gasteiger partial charge in [-0.1, -0.05) is 13.8 Å². The monoisotopic (exact) mass is 385 g/mol. The topological polar surface area (TPSA) is 51.0 Å². The Balaban J connectivity index is 2.52. The maximum absolute atomic E-state index is 5.53. The Morgan fingerprint density at radius 2 is 2.10 bits per heavy atom. The summed E-state index contributed by atoms with van der Waals surface area (Å²) in [6, 6.07) is 1.94. The molecule has 2 aromatic rings. The van der Waals surface area contributed by atoms with Crippen LogP contribution in [0.5, 0.6) is 0 Å². The summed E-state index contributed by atoms with van der Waals surface area (Å²) in [5, 5.41) is 3.31. The van der Waals surface area contributed by atoms with Crippen molar-refractivity contribution in [3.63, 3.8) is 0 Å². The molecule has 0 fully saturated rings. The summed E-state index contributed by atoms with van der Waals surface area (Å²) in [4.78, 5) is 9.32. The van der Waals surface area contributed by atoms with Gasteiger partial charge >= 0.3 is 0 Å². The van der Waals surface area contributed by atoms with Gasteiger partial charge in [0.05, 0.1) is 15.5 Å². The highest BCUT2D eigenvalue weighted by Crippen LogP contribution is 2.27. The highest BCUT2D eigenvalue weighted by molar-refractivity contribution is 14.1. The smallest absolute Gasteiger partial charge is 0.198 e. The summed E-state index contributed by atoms with van der Waals surface area (Å²) in [5.41, 5.74) is 2.14. The van der Waals surface area contributed by atoms with Crippen LogP contribution in [0, 0.1) is 16.4 Å². The fourth-order valence-electron chi connectivity index (χ4n) is 2.00. The van der Waals surface area contributed by atoms with Gasteiger partial charge in [-0.05, 0) is 60.4 Å². The molecule has 5 heteroatoms. The quantitative estimate of drug-likeness (QED) is 0.781. The lowest BCUT2D eigenvalue weighted by Gasteiger charge is -2.13. The van der Waals surface area contributed by atoms with Gasteiger partial charge in [-0.2, -0.15) is 0 Å². The largest absolute Gasteiger partial charge is 0.461 e. The number of furan rings is 1. The van der Waals surface area contributed by atoms with Gasteiger partial charge in [0, 0.05) is 6.54 Å². The third kappa shape index (κ3) is 3.31. The lowest BCUT2D eigenvalue weighted by atomic mass is 10.1. The lowest BCUT2D eigenvalue weighted by molar-refractivity contribution is 0.573. The van der Waals surface area contributed by atoms with Crippen molar-refractivity contribution < 1.29 is 4.42 Å². The predicted molar refractivity (Wildman–Crippen MR) is 89.9 cm³/mol. The van der Waals surface area contributed by atoms with E-state index in [-0.39, 0.29) is 0 Å². The summed E-state index contributed by atoms with van der Waals surface area (Å²) in [6.45, 7) is 9.31. The predicted octanol–water partition coefficient (Wildman–Crippen LogP) is 4.28. The van der Waals surface area contributed by atoms with Crippen molar-refractivity contribution in [3.8, 4) is 11.6 Å². The zero-order valence-electron chi connectivity index (χ0n) is 12.3. The highest BCUT2D eigenvalue weighted by Gasteiger charge is 2.16. The van der Waals surface area contributed by atoms with Crippen molar-refractivity contribution in [2.45, 2.75) is 34.1 Å². The van der Waals surface area contributed by atoms with Gasteiger partial charge in [-0.3, -0.25) is 0 Å². The van der Waals surface area contributed by atoms with Crippen LogP contribution in [0.1, 0.15) is 32.0 Å². The van der Waals surface area contributed by atoms with E-state index in [2.05, 4.69) is 53.7 Å². The first-order chi connectivity index (χ1) is 9.52. The van der Waals surface area contributed by atoms with E-state index in [1.165, 1.54) is 0 Å². The third-order valence-electron chi connectivity index (χ3n) is 2.93. The van der Waals surface area contributed by atoms with E-state index < -0.39 is 0 Å². The molecule has 0 atom stereocenters. The Morgan fingerprint density at radius 3 is 2.65 bits per heavy atom. The second-order valence-electron chi connectivity index (χ2n) is 5.22. The molecule has 0 saturated carbocycles.